The van der Waals surface area contributed by atoms with E-state index < -0.39 is 11.6 Å². The second-order valence-corrected chi connectivity index (χ2v) is 5.54. The molecule has 0 saturated carbocycles. The normalized spacial score (nSPS) is 13.5. The zero-order valence-electron chi connectivity index (χ0n) is 10.6. The Kier molecular flexibility index (Phi) is 5.40. The molecular weight excluding hydrogens is 305 g/mol. The molecule has 1 aromatic carbocycles. The Morgan fingerprint density at radius 2 is 2.11 bits per heavy atom. The fraction of sp³-hybridized carbons (Fsp3) is 0.333. The fourth-order valence-corrected chi connectivity index (χ4v) is 1.85. The van der Waals surface area contributed by atoms with Crippen molar-refractivity contribution in [3.05, 3.63) is 28.2 Å². The molecule has 19 heavy (non-hydrogen) atoms. The van der Waals surface area contributed by atoms with Crippen molar-refractivity contribution in [1.82, 2.24) is 5.32 Å². The highest BCUT2D eigenvalue weighted by molar-refractivity contribution is 7.80. The van der Waals surface area contributed by atoms with Crippen LogP contribution >= 0.6 is 35.4 Å². The molecule has 0 fully saturated rings. The lowest BCUT2D eigenvalue weighted by molar-refractivity contribution is 0.245. The van der Waals surface area contributed by atoms with E-state index in [0.717, 1.165) is 0 Å². The Morgan fingerprint density at radius 1 is 1.47 bits per heavy atom. The fourth-order valence-electron chi connectivity index (χ4n) is 1.32. The molecular formula is C12H15Cl2N3OS. The lowest BCUT2D eigenvalue weighted by Gasteiger charge is -2.28. The Bertz CT molecular complexity index is 510. The van der Waals surface area contributed by atoms with Gasteiger partial charge in [-0.25, -0.2) is 4.79 Å². The van der Waals surface area contributed by atoms with Crippen LogP contribution < -0.4 is 16.4 Å². The molecule has 4 nitrogen and oxygen atoms in total. The number of hydrogen-bond donors (Lipinski definition) is 3. The maximum atomic E-state index is 11.9. The van der Waals surface area contributed by atoms with E-state index in [0.29, 0.717) is 22.2 Å². The van der Waals surface area contributed by atoms with Gasteiger partial charge in [-0.15, -0.1) is 0 Å². The minimum Gasteiger partial charge on any atom is -0.391 e. The van der Waals surface area contributed by atoms with Crippen molar-refractivity contribution in [2.45, 2.75) is 25.8 Å². The molecule has 4 N–H and O–H groups in total. The van der Waals surface area contributed by atoms with Gasteiger partial charge in [-0.1, -0.05) is 42.3 Å². The van der Waals surface area contributed by atoms with E-state index in [1.165, 1.54) is 0 Å². The Balaban J connectivity index is 2.80. The minimum atomic E-state index is -0.746. The molecule has 7 heteroatoms. The van der Waals surface area contributed by atoms with Crippen LogP contribution in [0.4, 0.5) is 10.5 Å². The SMILES string of the molecule is CCC(C)(NC(=O)Nc1cc(Cl)ccc1Cl)C(N)=S. The average Bonchev–Trinajstić information content (AvgIpc) is 2.33. The van der Waals surface area contributed by atoms with Gasteiger partial charge in [0.05, 0.1) is 21.2 Å². The molecule has 0 aliphatic rings. The van der Waals surface area contributed by atoms with E-state index in [1.807, 2.05) is 6.92 Å². The molecule has 0 heterocycles. The van der Waals surface area contributed by atoms with Gasteiger partial charge in [0.15, 0.2) is 0 Å². The first-order chi connectivity index (χ1) is 8.78. The summed E-state index contributed by atoms with van der Waals surface area (Å²) >= 11 is 16.7. The number of hydrogen-bond acceptors (Lipinski definition) is 2. The highest BCUT2D eigenvalue weighted by Crippen LogP contribution is 2.25. The standard InChI is InChI=1S/C12H15Cl2N3OS/c1-3-12(2,10(15)19)17-11(18)16-9-6-7(13)4-5-8(9)14/h4-6H,3H2,1-2H3,(H2,15,19)(H2,16,17,18). The topological polar surface area (TPSA) is 67.2 Å². The number of thiocarbonyl (C=S) groups is 1. The number of carbonyl (C=O) groups excluding carboxylic acids is 1. The Morgan fingerprint density at radius 3 is 2.63 bits per heavy atom. The zero-order valence-corrected chi connectivity index (χ0v) is 12.9. The van der Waals surface area contributed by atoms with Gasteiger partial charge in [-0.05, 0) is 31.5 Å². The molecule has 1 atom stereocenters. The van der Waals surface area contributed by atoms with Crippen LogP contribution in [0.3, 0.4) is 0 Å². The van der Waals surface area contributed by atoms with Crippen molar-refractivity contribution in [3.63, 3.8) is 0 Å². The molecule has 1 unspecified atom stereocenters. The van der Waals surface area contributed by atoms with Gasteiger partial charge in [0, 0.05) is 5.02 Å². The third-order valence-electron chi connectivity index (χ3n) is 2.82. The van der Waals surface area contributed by atoms with E-state index in [4.69, 9.17) is 41.2 Å². The lowest BCUT2D eigenvalue weighted by atomic mass is 9.99. The predicted octanol–water partition coefficient (Wildman–Crippen LogP) is 3.57. The van der Waals surface area contributed by atoms with E-state index in [-0.39, 0.29) is 4.99 Å². The lowest BCUT2D eigenvalue weighted by Crippen LogP contribution is -2.55. The monoisotopic (exact) mass is 319 g/mol. The molecule has 0 saturated heterocycles. The maximum absolute atomic E-state index is 11.9. The number of carbonyl (C=O) groups is 1. The van der Waals surface area contributed by atoms with Crippen LogP contribution in [-0.4, -0.2) is 16.6 Å². The molecule has 0 aliphatic carbocycles. The second kappa shape index (κ2) is 6.41. The number of urea groups is 1. The van der Waals surface area contributed by atoms with Gasteiger partial charge in [-0.2, -0.15) is 0 Å². The maximum Gasteiger partial charge on any atom is 0.320 e. The molecule has 2 amide bonds. The number of nitrogens with two attached hydrogens (primary N) is 1. The highest BCUT2D eigenvalue weighted by atomic mass is 35.5. The summed E-state index contributed by atoms with van der Waals surface area (Å²) in [6.45, 7) is 3.64. The molecule has 0 bridgehead atoms. The van der Waals surface area contributed by atoms with Gasteiger partial charge in [0.1, 0.15) is 0 Å². The van der Waals surface area contributed by atoms with Gasteiger partial charge in [0.25, 0.3) is 0 Å². The van der Waals surface area contributed by atoms with Crippen molar-refractivity contribution >= 4 is 52.1 Å². The first-order valence-corrected chi connectivity index (χ1v) is 6.79. The minimum absolute atomic E-state index is 0.224. The molecule has 0 aliphatic heterocycles. The van der Waals surface area contributed by atoms with Crippen LogP contribution in [-0.2, 0) is 0 Å². The van der Waals surface area contributed by atoms with Crippen molar-refractivity contribution in [3.8, 4) is 0 Å². The quantitative estimate of drug-likeness (QED) is 0.743. The van der Waals surface area contributed by atoms with Crippen molar-refractivity contribution in [2.24, 2.45) is 5.73 Å². The van der Waals surface area contributed by atoms with Crippen LogP contribution in [0.1, 0.15) is 20.3 Å². The summed E-state index contributed by atoms with van der Waals surface area (Å²) in [6.07, 6.45) is 0.582. The molecule has 0 aromatic heterocycles. The largest absolute Gasteiger partial charge is 0.391 e. The van der Waals surface area contributed by atoms with Crippen molar-refractivity contribution in [2.75, 3.05) is 5.32 Å². The number of rotatable bonds is 4. The number of amides is 2. The third kappa shape index (κ3) is 4.23. The van der Waals surface area contributed by atoms with Crippen LogP contribution in [0.5, 0.6) is 0 Å². The number of nitrogens with one attached hydrogen (secondary N) is 2. The summed E-state index contributed by atoms with van der Waals surface area (Å²) in [5, 5.41) is 6.21. The second-order valence-electron chi connectivity index (χ2n) is 4.25. The van der Waals surface area contributed by atoms with E-state index >= 15 is 0 Å². The molecule has 0 spiro atoms. The first kappa shape index (κ1) is 16.0. The summed E-state index contributed by atoms with van der Waals surface area (Å²) in [4.78, 5) is 12.1. The third-order valence-corrected chi connectivity index (χ3v) is 3.83. The zero-order chi connectivity index (χ0) is 14.6. The molecule has 1 aromatic rings. The Labute approximate surface area is 127 Å². The average molecular weight is 320 g/mol. The highest BCUT2D eigenvalue weighted by Gasteiger charge is 2.27. The molecule has 0 radical (unpaired) electrons. The van der Waals surface area contributed by atoms with Crippen molar-refractivity contribution in [1.29, 1.82) is 0 Å². The number of benzene rings is 1. The van der Waals surface area contributed by atoms with E-state index in [2.05, 4.69) is 10.6 Å². The van der Waals surface area contributed by atoms with Crippen LogP contribution in [0.2, 0.25) is 10.0 Å². The van der Waals surface area contributed by atoms with Crippen LogP contribution in [0.25, 0.3) is 0 Å². The van der Waals surface area contributed by atoms with Crippen LogP contribution in [0.15, 0.2) is 18.2 Å². The summed E-state index contributed by atoms with van der Waals surface area (Å²) < 4.78 is 0. The van der Waals surface area contributed by atoms with Gasteiger partial charge < -0.3 is 16.4 Å². The van der Waals surface area contributed by atoms with E-state index in [9.17, 15) is 4.79 Å². The van der Waals surface area contributed by atoms with Gasteiger partial charge in [0.2, 0.25) is 0 Å². The summed E-state index contributed by atoms with van der Waals surface area (Å²) in [7, 11) is 0. The summed E-state index contributed by atoms with van der Waals surface area (Å²) in [5.74, 6) is 0. The van der Waals surface area contributed by atoms with Crippen molar-refractivity contribution < 1.29 is 4.79 Å². The predicted molar refractivity (Wildman–Crippen MR) is 84.1 cm³/mol. The molecule has 1 rings (SSSR count). The molecule has 104 valence electrons. The van der Waals surface area contributed by atoms with Gasteiger partial charge >= 0.3 is 6.03 Å². The van der Waals surface area contributed by atoms with Crippen LogP contribution in [0, 0.1) is 0 Å². The summed E-state index contributed by atoms with van der Waals surface area (Å²) in [6, 6.07) is 4.36. The first-order valence-electron chi connectivity index (χ1n) is 5.62. The number of halogens is 2. The smallest absolute Gasteiger partial charge is 0.320 e. The van der Waals surface area contributed by atoms with Gasteiger partial charge in [-0.3, -0.25) is 0 Å². The number of anilines is 1. The summed E-state index contributed by atoms with van der Waals surface area (Å²) in [5.41, 5.74) is 5.30. The van der Waals surface area contributed by atoms with E-state index in [1.54, 1.807) is 25.1 Å². The Hall–Kier alpha value is -1.04.